The van der Waals surface area contributed by atoms with Gasteiger partial charge in [0.25, 0.3) is 0 Å². The first-order valence-corrected chi connectivity index (χ1v) is 5.69. The first kappa shape index (κ1) is 11.4. The molecule has 2 rings (SSSR count). The first-order chi connectivity index (χ1) is 7.65. The summed E-state index contributed by atoms with van der Waals surface area (Å²) in [5.74, 6) is 0.514. The van der Waals surface area contributed by atoms with E-state index >= 15 is 0 Å². The van der Waals surface area contributed by atoms with Gasteiger partial charge >= 0.3 is 0 Å². The smallest absolute Gasteiger partial charge is 0.126 e. The third-order valence-corrected chi connectivity index (χ3v) is 2.89. The minimum absolute atomic E-state index is 0.181. The van der Waals surface area contributed by atoms with E-state index in [1.54, 1.807) is 19.1 Å². The summed E-state index contributed by atoms with van der Waals surface area (Å²) in [4.78, 5) is 0. The number of ether oxygens (including phenoxy) is 2. The molecule has 88 valence electrons. The molecule has 0 radical (unpaired) electrons. The Hall–Kier alpha value is -1.09. The lowest BCUT2D eigenvalue weighted by Crippen LogP contribution is -2.17. The molecule has 3 heteroatoms. The molecule has 1 aliphatic heterocycles. The second-order valence-corrected chi connectivity index (χ2v) is 4.37. The lowest BCUT2D eigenvalue weighted by molar-refractivity contribution is 0.0264. The summed E-state index contributed by atoms with van der Waals surface area (Å²) >= 11 is 0. The largest absolute Gasteiger partial charge is 0.491 e. The monoisotopic (exact) mass is 224 g/mol. The highest BCUT2D eigenvalue weighted by molar-refractivity contribution is 5.28. The van der Waals surface area contributed by atoms with E-state index in [1.807, 2.05) is 0 Å². The van der Waals surface area contributed by atoms with E-state index in [2.05, 4.69) is 6.92 Å². The summed E-state index contributed by atoms with van der Waals surface area (Å²) in [6.45, 7) is 4.35. The van der Waals surface area contributed by atoms with E-state index in [9.17, 15) is 4.39 Å². The number of benzene rings is 1. The summed E-state index contributed by atoms with van der Waals surface area (Å²) in [5.41, 5.74) is 0.609. The number of aryl methyl sites for hydroxylation is 1. The summed E-state index contributed by atoms with van der Waals surface area (Å²) in [6.07, 6.45) is 2.65. The molecular formula is C13H17FO2. The molecule has 1 aromatic carbocycles. The van der Waals surface area contributed by atoms with Crippen molar-refractivity contribution in [1.29, 1.82) is 0 Å². The van der Waals surface area contributed by atoms with Crippen LogP contribution in [-0.4, -0.2) is 18.8 Å². The Balaban J connectivity index is 1.87. The van der Waals surface area contributed by atoms with E-state index in [0.717, 1.165) is 12.8 Å². The molecule has 1 heterocycles. The highest BCUT2D eigenvalue weighted by Crippen LogP contribution is 2.21. The van der Waals surface area contributed by atoms with Gasteiger partial charge in [-0.05, 0) is 50.5 Å². The van der Waals surface area contributed by atoms with Crippen molar-refractivity contribution in [2.45, 2.75) is 38.9 Å². The number of hydrogen-bond donors (Lipinski definition) is 0. The van der Waals surface area contributed by atoms with Crippen LogP contribution in [0.25, 0.3) is 0 Å². The van der Waals surface area contributed by atoms with Gasteiger partial charge in [-0.3, -0.25) is 0 Å². The van der Waals surface area contributed by atoms with Gasteiger partial charge < -0.3 is 9.47 Å². The minimum atomic E-state index is -0.196. The van der Waals surface area contributed by atoms with Crippen molar-refractivity contribution in [3.63, 3.8) is 0 Å². The Labute approximate surface area is 95.4 Å². The van der Waals surface area contributed by atoms with Crippen LogP contribution in [0, 0.1) is 12.7 Å². The second kappa shape index (κ2) is 4.83. The summed E-state index contributed by atoms with van der Waals surface area (Å²) in [5, 5.41) is 0. The Morgan fingerprint density at radius 2 is 2.25 bits per heavy atom. The quantitative estimate of drug-likeness (QED) is 0.785. The van der Waals surface area contributed by atoms with Crippen molar-refractivity contribution < 1.29 is 13.9 Å². The average Bonchev–Trinajstić information content (AvgIpc) is 2.66. The Morgan fingerprint density at radius 1 is 1.44 bits per heavy atom. The maximum absolute atomic E-state index is 13.0. The van der Waals surface area contributed by atoms with Crippen LogP contribution in [0.5, 0.6) is 5.75 Å². The van der Waals surface area contributed by atoms with E-state index in [1.165, 1.54) is 6.07 Å². The maximum Gasteiger partial charge on any atom is 0.126 e. The van der Waals surface area contributed by atoms with Crippen molar-refractivity contribution in [3.05, 3.63) is 29.6 Å². The van der Waals surface area contributed by atoms with Crippen molar-refractivity contribution in [1.82, 2.24) is 0 Å². The molecule has 0 aliphatic carbocycles. The van der Waals surface area contributed by atoms with Crippen LogP contribution in [0.15, 0.2) is 18.2 Å². The van der Waals surface area contributed by atoms with Gasteiger partial charge in [-0.1, -0.05) is 0 Å². The average molecular weight is 224 g/mol. The summed E-state index contributed by atoms with van der Waals surface area (Å²) < 4.78 is 24.2. The fourth-order valence-corrected chi connectivity index (χ4v) is 1.90. The fourth-order valence-electron chi connectivity index (χ4n) is 1.90. The summed E-state index contributed by atoms with van der Waals surface area (Å²) in [7, 11) is 0. The Kier molecular flexibility index (Phi) is 3.44. The molecule has 0 spiro atoms. The summed E-state index contributed by atoms with van der Waals surface area (Å²) in [6, 6.07) is 4.80. The zero-order valence-electron chi connectivity index (χ0n) is 9.70. The van der Waals surface area contributed by atoms with Gasteiger partial charge in [0, 0.05) is 0 Å². The second-order valence-electron chi connectivity index (χ2n) is 4.37. The van der Waals surface area contributed by atoms with Crippen LogP contribution in [0.1, 0.15) is 25.3 Å². The molecule has 0 saturated carbocycles. The number of halogens is 1. The lowest BCUT2D eigenvalue weighted by Gasteiger charge is -2.13. The molecule has 0 amide bonds. The van der Waals surface area contributed by atoms with E-state index in [4.69, 9.17) is 9.47 Å². The molecular weight excluding hydrogens is 207 g/mol. The minimum Gasteiger partial charge on any atom is -0.491 e. The molecule has 0 N–H and O–H groups in total. The van der Waals surface area contributed by atoms with E-state index < -0.39 is 0 Å². The van der Waals surface area contributed by atoms with Crippen LogP contribution in [0.3, 0.4) is 0 Å². The highest BCUT2D eigenvalue weighted by atomic mass is 19.1. The van der Waals surface area contributed by atoms with Crippen LogP contribution >= 0.6 is 0 Å². The number of hydrogen-bond acceptors (Lipinski definition) is 2. The molecule has 0 bridgehead atoms. The topological polar surface area (TPSA) is 18.5 Å². The number of rotatable bonds is 3. The van der Waals surface area contributed by atoms with Gasteiger partial charge in [0.15, 0.2) is 0 Å². The molecule has 1 aliphatic rings. The standard InChI is InChI=1S/C13H17FO2/c1-9-7-11(5-6-13(9)14)15-8-12-4-3-10(2)16-12/h5-7,10,12H,3-4,8H2,1-2H3. The van der Waals surface area contributed by atoms with Gasteiger partial charge in [-0.25, -0.2) is 4.39 Å². The molecule has 16 heavy (non-hydrogen) atoms. The molecule has 2 atom stereocenters. The molecule has 2 nitrogen and oxygen atoms in total. The Morgan fingerprint density at radius 3 is 2.88 bits per heavy atom. The molecule has 1 fully saturated rings. The first-order valence-electron chi connectivity index (χ1n) is 5.69. The molecule has 1 aromatic rings. The van der Waals surface area contributed by atoms with E-state index in [-0.39, 0.29) is 11.9 Å². The zero-order chi connectivity index (χ0) is 11.5. The SMILES string of the molecule is Cc1cc(OCC2CCC(C)O2)ccc1F. The van der Waals surface area contributed by atoms with Gasteiger partial charge in [-0.15, -0.1) is 0 Å². The predicted octanol–water partition coefficient (Wildman–Crippen LogP) is 3.08. The van der Waals surface area contributed by atoms with Gasteiger partial charge in [0.1, 0.15) is 18.2 Å². The zero-order valence-corrected chi connectivity index (χ0v) is 9.70. The normalized spacial score (nSPS) is 24.7. The third-order valence-electron chi connectivity index (χ3n) is 2.89. The van der Waals surface area contributed by atoms with Crippen LogP contribution in [-0.2, 0) is 4.74 Å². The Bertz CT molecular complexity index is 365. The fraction of sp³-hybridized carbons (Fsp3) is 0.538. The maximum atomic E-state index is 13.0. The van der Waals surface area contributed by atoms with Crippen molar-refractivity contribution >= 4 is 0 Å². The van der Waals surface area contributed by atoms with Crippen molar-refractivity contribution in [2.24, 2.45) is 0 Å². The lowest BCUT2D eigenvalue weighted by atomic mass is 10.2. The van der Waals surface area contributed by atoms with Gasteiger partial charge in [-0.2, -0.15) is 0 Å². The van der Waals surface area contributed by atoms with Gasteiger partial charge in [0.05, 0.1) is 12.2 Å². The van der Waals surface area contributed by atoms with Crippen LogP contribution in [0.2, 0.25) is 0 Å². The van der Waals surface area contributed by atoms with Gasteiger partial charge in [0.2, 0.25) is 0 Å². The molecule has 1 saturated heterocycles. The van der Waals surface area contributed by atoms with Crippen LogP contribution < -0.4 is 4.74 Å². The molecule has 0 aromatic heterocycles. The molecule has 2 unspecified atom stereocenters. The third kappa shape index (κ3) is 2.73. The van der Waals surface area contributed by atoms with Crippen molar-refractivity contribution in [2.75, 3.05) is 6.61 Å². The van der Waals surface area contributed by atoms with Crippen molar-refractivity contribution in [3.8, 4) is 5.75 Å². The highest BCUT2D eigenvalue weighted by Gasteiger charge is 2.22. The predicted molar refractivity (Wildman–Crippen MR) is 60.2 cm³/mol. The van der Waals surface area contributed by atoms with Crippen LogP contribution in [0.4, 0.5) is 4.39 Å². The van der Waals surface area contributed by atoms with E-state index in [0.29, 0.717) is 24.0 Å².